The fourth-order valence-electron chi connectivity index (χ4n) is 1.78. The van der Waals surface area contributed by atoms with E-state index in [0.717, 1.165) is 30.6 Å². The molecule has 3 heteroatoms. The number of rotatable bonds is 1. The highest BCUT2D eigenvalue weighted by Crippen LogP contribution is 2.31. The van der Waals surface area contributed by atoms with Gasteiger partial charge >= 0.3 is 0 Å². The van der Waals surface area contributed by atoms with Crippen molar-refractivity contribution < 1.29 is 4.79 Å². The van der Waals surface area contributed by atoms with Crippen LogP contribution in [0.5, 0.6) is 0 Å². The summed E-state index contributed by atoms with van der Waals surface area (Å²) in [6.07, 6.45) is 0.892. The summed E-state index contributed by atoms with van der Waals surface area (Å²) in [5.74, 6) is 0. The molecular weight excluding hydrogens is 176 g/mol. The number of carbonyl (C=O) groups excluding carboxylic acids is 1. The number of likely N-dealkylation sites (N-methyl/N-ethyl adjacent to an activating group) is 2. The van der Waals surface area contributed by atoms with E-state index in [1.54, 1.807) is 0 Å². The monoisotopic (exact) mass is 190 g/mol. The first-order valence-electron chi connectivity index (χ1n) is 4.74. The lowest BCUT2D eigenvalue weighted by Crippen LogP contribution is -2.36. The SMILES string of the molecule is CN1CCN(C)c2cc(C=O)ccc21. The molecule has 0 amide bonds. The Bertz CT molecular complexity index is 362. The number of carbonyl (C=O) groups is 1. The van der Waals surface area contributed by atoms with Gasteiger partial charge in [-0.25, -0.2) is 0 Å². The van der Waals surface area contributed by atoms with Gasteiger partial charge < -0.3 is 9.80 Å². The molecule has 1 aromatic carbocycles. The maximum atomic E-state index is 10.6. The smallest absolute Gasteiger partial charge is 0.150 e. The summed E-state index contributed by atoms with van der Waals surface area (Å²) in [6.45, 7) is 2.04. The average molecular weight is 190 g/mol. The van der Waals surface area contributed by atoms with E-state index >= 15 is 0 Å². The van der Waals surface area contributed by atoms with Crippen LogP contribution < -0.4 is 9.80 Å². The lowest BCUT2D eigenvalue weighted by atomic mass is 10.1. The Hall–Kier alpha value is -1.51. The maximum absolute atomic E-state index is 10.6. The number of fused-ring (bicyclic) bond motifs is 1. The Labute approximate surface area is 83.9 Å². The van der Waals surface area contributed by atoms with E-state index in [9.17, 15) is 4.79 Å². The molecule has 3 nitrogen and oxygen atoms in total. The van der Waals surface area contributed by atoms with Crippen LogP contribution in [0.1, 0.15) is 10.4 Å². The molecule has 0 radical (unpaired) electrons. The van der Waals surface area contributed by atoms with Crippen LogP contribution in [-0.4, -0.2) is 33.5 Å². The number of anilines is 2. The number of aldehydes is 1. The van der Waals surface area contributed by atoms with Crippen molar-refractivity contribution in [2.45, 2.75) is 0 Å². The van der Waals surface area contributed by atoms with Crippen LogP contribution in [-0.2, 0) is 0 Å². The normalized spacial score (nSPS) is 15.3. The standard InChI is InChI=1S/C11H14N2O/c1-12-5-6-13(2)11-7-9(8-14)3-4-10(11)12/h3-4,7-8H,5-6H2,1-2H3. The summed E-state index contributed by atoms with van der Waals surface area (Å²) in [5, 5.41) is 0. The van der Waals surface area contributed by atoms with Gasteiger partial charge in [0.25, 0.3) is 0 Å². The molecule has 74 valence electrons. The van der Waals surface area contributed by atoms with Crippen molar-refractivity contribution in [3.05, 3.63) is 23.8 Å². The lowest BCUT2D eigenvalue weighted by molar-refractivity contribution is 0.112. The molecule has 0 N–H and O–H groups in total. The van der Waals surface area contributed by atoms with Crippen LogP contribution >= 0.6 is 0 Å². The zero-order valence-corrected chi connectivity index (χ0v) is 8.53. The topological polar surface area (TPSA) is 23.6 Å². The largest absolute Gasteiger partial charge is 0.371 e. The minimum Gasteiger partial charge on any atom is -0.371 e. The van der Waals surface area contributed by atoms with Crippen LogP contribution in [0.3, 0.4) is 0 Å². The number of hydrogen-bond donors (Lipinski definition) is 0. The molecule has 0 bridgehead atoms. The Morgan fingerprint density at radius 2 is 1.79 bits per heavy atom. The van der Waals surface area contributed by atoms with E-state index in [1.165, 1.54) is 5.69 Å². The van der Waals surface area contributed by atoms with Gasteiger partial charge in [-0.05, 0) is 18.2 Å². The van der Waals surface area contributed by atoms with Crippen molar-refractivity contribution in [3.63, 3.8) is 0 Å². The average Bonchev–Trinajstić information content (AvgIpc) is 2.23. The number of nitrogens with zero attached hydrogens (tertiary/aromatic N) is 2. The first kappa shape index (κ1) is 9.06. The number of benzene rings is 1. The van der Waals surface area contributed by atoms with Crippen LogP contribution in [0.15, 0.2) is 18.2 Å². The molecule has 1 aliphatic heterocycles. The van der Waals surface area contributed by atoms with E-state index in [0.29, 0.717) is 0 Å². The van der Waals surface area contributed by atoms with Gasteiger partial charge in [0.2, 0.25) is 0 Å². The quantitative estimate of drug-likeness (QED) is 0.625. The Morgan fingerprint density at radius 1 is 1.14 bits per heavy atom. The number of hydrogen-bond acceptors (Lipinski definition) is 3. The second-order valence-corrected chi connectivity index (χ2v) is 3.71. The first-order valence-corrected chi connectivity index (χ1v) is 4.74. The third kappa shape index (κ3) is 1.35. The zero-order chi connectivity index (χ0) is 10.1. The van der Waals surface area contributed by atoms with Crippen molar-refractivity contribution in [3.8, 4) is 0 Å². The lowest BCUT2D eigenvalue weighted by Gasteiger charge is -2.34. The minimum absolute atomic E-state index is 0.742. The molecule has 14 heavy (non-hydrogen) atoms. The molecule has 0 fully saturated rings. The van der Waals surface area contributed by atoms with Crippen molar-refractivity contribution in [1.82, 2.24) is 0 Å². The second-order valence-electron chi connectivity index (χ2n) is 3.71. The summed E-state index contributed by atoms with van der Waals surface area (Å²) < 4.78 is 0. The highest BCUT2D eigenvalue weighted by atomic mass is 16.1. The molecule has 2 rings (SSSR count). The summed E-state index contributed by atoms with van der Waals surface area (Å²) >= 11 is 0. The molecule has 1 aliphatic rings. The predicted molar refractivity (Wildman–Crippen MR) is 58.4 cm³/mol. The predicted octanol–water partition coefficient (Wildman–Crippen LogP) is 1.39. The summed E-state index contributed by atoms with van der Waals surface area (Å²) in [4.78, 5) is 15.0. The van der Waals surface area contributed by atoms with E-state index in [4.69, 9.17) is 0 Å². The van der Waals surface area contributed by atoms with Gasteiger partial charge in [0, 0.05) is 32.7 Å². The molecular formula is C11H14N2O. The van der Waals surface area contributed by atoms with Crippen molar-refractivity contribution in [2.75, 3.05) is 37.0 Å². The first-order chi connectivity index (χ1) is 6.72. The van der Waals surface area contributed by atoms with Gasteiger partial charge in [-0.2, -0.15) is 0 Å². The van der Waals surface area contributed by atoms with Crippen LogP contribution in [0.25, 0.3) is 0 Å². The fourth-order valence-corrected chi connectivity index (χ4v) is 1.78. The Morgan fingerprint density at radius 3 is 2.43 bits per heavy atom. The Kier molecular flexibility index (Phi) is 2.15. The Balaban J connectivity index is 2.50. The zero-order valence-electron chi connectivity index (χ0n) is 8.53. The van der Waals surface area contributed by atoms with Crippen LogP contribution in [0, 0.1) is 0 Å². The molecule has 0 aliphatic carbocycles. The third-order valence-electron chi connectivity index (χ3n) is 2.73. The van der Waals surface area contributed by atoms with Gasteiger partial charge in [-0.3, -0.25) is 4.79 Å². The molecule has 0 spiro atoms. The van der Waals surface area contributed by atoms with E-state index in [1.807, 2.05) is 18.2 Å². The van der Waals surface area contributed by atoms with E-state index in [2.05, 4.69) is 23.9 Å². The highest BCUT2D eigenvalue weighted by molar-refractivity contribution is 5.83. The maximum Gasteiger partial charge on any atom is 0.150 e. The van der Waals surface area contributed by atoms with E-state index < -0.39 is 0 Å². The summed E-state index contributed by atoms with van der Waals surface area (Å²) in [5.41, 5.74) is 3.08. The molecule has 0 saturated carbocycles. The second kappa shape index (κ2) is 3.33. The van der Waals surface area contributed by atoms with Crippen molar-refractivity contribution in [2.24, 2.45) is 0 Å². The molecule has 1 heterocycles. The molecule has 0 aromatic heterocycles. The molecule has 0 atom stereocenters. The van der Waals surface area contributed by atoms with Crippen LogP contribution in [0.4, 0.5) is 11.4 Å². The van der Waals surface area contributed by atoms with Gasteiger partial charge in [-0.15, -0.1) is 0 Å². The van der Waals surface area contributed by atoms with Crippen molar-refractivity contribution in [1.29, 1.82) is 0 Å². The van der Waals surface area contributed by atoms with Crippen molar-refractivity contribution >= 4 is 17.7 Å². The summed E-state index contributed by atoms with van der Waals surface area (Å²) in [7, 11) is 4.13. The molecule has 1 aromatic rings. The van der Waals surface area contributed by atoms with E-state index in [-0.39, 0.29) is 0 Å². The van der Waals surface area contributed by atoms with Gasteiger partial charge in [0.1, 0.15) is 6.29 Å². The minimum atomic E-state index is 0.742. The van der Waals surface area contributed by atoms with Gasteiger partial charge in [0.05, 0.1) is 11.4 Å². The molecule has 0 unspecified atom stereocenters. The highest BCUT2D eigenvalue weighted by Gasteiger charge is 2.17. The third-order valence-corrected chi connectivity index (χ3v) is 2.73. The van der Waals surface area contributed by atoms with Gasteiger partial charge in [0.15, 0.2) is 0 Å². The molecule has 0 saturated heterocycles. The van der Waals surface area contributed by atoms with Crippen LogP contribution in [0.2, 0.25) is 0 Å². The van der Waals surface area contributed by atoms with Gasteiger partial charge in [-0.1, -0.05) is 0 Å². The fraction of sp³-hybridized carbons (Fsp3) is 0.364. The summed E-state index contributed by atoms with van der Waals surface area (Å²) in [6, 6.07) is 5.81.